The summed E-state index contributed by atoms with van der Waals surface area (Å²) in [6.07, 6.45) is 3.96. The van der Waals surface area contributed by atoms with Crippen molar-refractivity contribution in [3.05, 3.63) is 34.9 Å². The Labute approximate surface area is 147 Å². The monoisotopic (exact) mass is 341 g/mol. The molecular formula is C20H23NO4. The van der Waals surface area contributed by atoms with Gasteiger partial charge < -0.3 is 14.2 Å². The van der Waals surface area contributed by atoms with E-state index in [1.54, 1.807) is 14.2 Å². The van der Waals surface area contributed by atoms with E-state index >= 15 is 0 Å². The molecule has 0 N–H and O–H groups in total. The van der Waals surface area contributed by atoms with E-state index in [1.165, 1.54) is 16.7 Å². The molecule has 1 spiro atoms. The van der Waals surface area contributed by atoms with E-state index < -0.39 is 6.10 Å². The smallest absolute Gasteiger partial charge is 0.188 e. The van der Waals surface area contributed by atoms with Gasteiger partial charge in [0.1, 0.15) is 6.10 Å². The maximum Gasteiger partial charge on any atom is 0.188 e. The van der Waals surface area contributed by atoms with Crippen molar-refractivity contribution in [3.8, 4) is 11.5 Å². The lowest BCUT2D eigenvalue weighted by molar-refractivity contribution is -0.133. The minimum atomic E-state index is -0.559. The topological polar surface area (TPSA) is 48.0 Å². The third-order valence-corrected chi connectivity index (χ3v) is 6.66. The molecule has 0 radical (unpaired) electrons. The van der Waals surface area contributed by atoms with E-state index in [4.69, 9.17) is 14.2 Å². The van der Waals surface area contributed by atoms with Gasteiger partial charge in [0.15, 0.2) is 23.4 Å². The van der Waals surface area contributed by atoms with Gasteiger partial charge in [0.05, 0.1) is 12.5 Å². The van der Waals surface area contributed by atoms with E-state index in [1.807, 2.05) is 12.1 Å². The number of hydrogen-bond donors (Lipinski definition) is 0. The molecule has 2 aliphatic heterocycles. The Kier molecular flexibility index (Phi) is 3.13. The molecule has 0 aromatic heterocycles. The van der Waals surface area contributed by atoms with E-state index in [2.05, 4.69) is 18.0 Å². The predicted molar refractivity (Wildman–Crippen MR) is 92.3 cm³/mol. The van der Waals surface area contributed by atoms with Gasteiger partial charge in [-0.15, -0.1) is 0 Å². The zero-order valence-corrected chi connectivity index (χ0v) is 14.9. The van der Waals surface area contributed by atoms with Crippen molar-refractivity contribution in [2.24, 2.45) is 0 Å². The van der Waals surface area contributed by atoms with Gasteiger partial charge >= 0.3 is 0 Å². The minimum Gasteiger partial charge on any atom is -0.493 e. The van der Waals surface area contributed by atoms with E-state index in [0.717, 1.165) is 37.3 Å². The molecule has 5 nitrogen and oxygen atoms in total. The SMILES string of the molecule is COc1ccc2c3c1O[C@@H]1[C@@H](OC)C(=O)C=C4[C@H](CC2)N(C)CC[C@@]431. The van der Waals surface area contributed by atoms with Crippen LogP contribution in [0.1, 0.15) is 24.0 Å². The first-order valence-corrected chi connectivity index (χ1v) is 8.97. The summed E-state index contributed by atoms with van der Waals surface area (Å²) >= 11 is 0. The van der Waals surface area contributed by atoms with Gasteiger partial charge in [-0.25, -0.2) is 0 Å². The Bertz CT molecular complexity index is 801. The zero-order chi connectivity index (χ0) is 17.3. The van der Waals surface area contributed by atoms with Crippen LogP contribution in [0.3, 0.4) is 0 Å². The van der Waals surface area contributed by atoms with Gasteiger partial charge in [-0.1, -0.05) is 6.07 Å². The van der Waals surface area contributed by atoms with Crippen LogP contribution in [0.25, 0.3) is 0 Å². The van der Waals surface area contributed by atoms with Crippen molar-refractivity contribution >= 4 is 5.78 Å². The molecule has 25 heavy (non-hydrogen) atoms. The van der Waals surface area contributed by atoms with Crippen LogP contribution in [0, 0.1) is 0 Å². The van der Waals surface area contributed by atoms with Crippen molar-refractivity contribution in [1.82, 2.24) is 4.90 Å². The molecule has 132 valence electrons. The number of carbonyl (C=O) groups is 1. The van der Waals surface area contributed by atoms with E-state index in [9.17, 15) is 4.79 Å². The van der Waals surface area contributed by atoms with Gasteiger partial charge in [-0.05, 0) is 56.1 Å². The number of hydrogen-bond acceptors (Lipinski definition) is 5. The lowest BCUT2D eigenvalue weighted by Crippen LogP contribution is -2.60. The second-order valence-corrected chi connectivity index (χ2v) is 7.58. The number of methoxy groups -OCH3 is 2. The highest BCUT2D eigenvalue weighted by atomic mass is 16.6. The number of carbonyl (C=O) groups excluding carboxylic acids is 1. The number of ether oxygens (including phenoxy) is 3. The molecule has 5 heteroatoms. The van der Waals surface area contributed by atoms with Gasteiger partial charge in [-0.3, -0.25) is 9.69 Å². The Hall–Kier alpha value is -1.85. The van der Waals surface area contributed by atoms with Crippen molar-refractivity contribution in [2.45, 2.75) is 42.9 Å². The summed E-state index contributed by atoms with van der Waals surface area (Å²) in [4.78, 5) is 15.2. The molecule has 1 fully saturated rings. The maximum atomic E-state index is 12.8. The normalized spacial score (nSPS) is 35.6. The number of piperidine rings is 1. The Balaban J connectivity index is 1.84. The molecule has 2 aliphatic carbocycles. The molecule has 5 rings (SSSR count). The molecule has 2 heterocycles. The fourth-order valence-corrected chi connectivity index (χ4v) is 5.55. The Morgan fingerprint density at radius 2 is 2.16 bits per heavy atom. The zero-order valence-electron chi connectivity index (χ0n) is 14.9. The van der Waals surface area contributed by atoms with Crippen LogP contribution in [0.4, 0.5) is 0 Å². The van der Waals surface area contributed by atoms with Crippen LogP contribution in [0.2, 0.25) is 0 Å². The molecule has 4 atom stereocenters. The minimum absolute atomic E-state index is 0.0219. The number of rotatable bonds is 2. The summed E-state index contributed by atoms with van der Waals surface area (Å²) < 4.78 is 17.6. The third kappa shape index (κ3) is 1.73. The molecule has 0 amide bonds. The molecular weight excluding hydrogens is 318 g/mol. The standard InChI is InChI=1S/C20H23NO4/c1-21-9-8-20-12-10-14(22)17(24-3)19(20)25-18-15(23-2)7-5-11(16(18)20)4-6-13(12)21/h5,7,10,13,17,19H,4,6,8-9H2,1-3H3/t13-,17-,19+,20+/m0/s1. The van der Waals surface area contributed by atoms with Crippen LogP contribution in [-0.2, 0) is 21.4 Å². The quantitative estimate of drug-likeness (QED) is 0.822. The van der Waals surface area contributed by atoms with Crippen LogP contribution < -0.4 is 9.47 Å². The summed E-state index contributed by atoms with van der Waals surface area (Å²) in [6, 6.07) is 4.45. The van der Waals surface area contributed by atoms with Crippen molar-refractivity contribution in [3.63, 3.8) is 0 Å². The third-order valence-electron chi connectivity index (χ3n) is 6.66. The number of ketones is 1. The Morgan fingerprint density at radius 1 is 1.32 bits per heavy atom. The number of benzene rings is 1. The first-order chi connectivity index (χ1) is 12.1. The maximum absolute atomic E-state index is 12.8. The molecule has 1 saturated heterocycles. The van der Waals surface area contributed by atoms with E-state index in [-0.39, 0.29) is 23.3 Å². The molecule has 1 aromatic rings. The van der Waals surface area contributed by atoms with Crippen molar-refractivity contribution < 1.29 is 19.0 Å². The second-order valence-electron chi connectivity index (χ2n) is 7.58. The van der Waals surface area contributed by atoms with Gasteiger partial charge in [0.2, 0.25) is 0 Å². The van der Waals surface area contributed by atoms with Crippen LogP contribution in [-0.4, -0.2) is 56.7 Å². The van der Waals surface area contributed by atoms with Crippen LogP contribution in [0.5, 0.6) is 11.5 Å². The molecule has 2 bridgehead atoms. The summed E-state index contributed by atoms with van der Waals surface area (Å²) in [6.45, 7) is 0.989. The van der Waals surface area contributed by atoms with Gasteiger partial charge in [0, 0.05) is 18.7 Å². The predicted octanol–water partition coefficient (Wildman–Crippen LogP) is 1.87. The highest BCUT2D eigenvalue weighted by molar-refractivity contribution is 5.98. The highest BCUT2D eigenvalue weighted by Crippen LogP contribution is 2.61. The first kappa shape index (κ1) is 15.4. The van der Waals surface area contributed by atoms with Crippen LogP contribution in [0.15, 0.2) is 23.8 Å². The molecule has 0 unspecified atom stereocenters. The van der Waals surface area contributed by atoms with Crippen molar-refractivity contribution in [1.29, 1.82) is 0 Å². The molecule has 1 aromatic carbocycles. The number of nitrogens with zero attached hydrogens (tertiary/aromatic N) is 1. The summed E-state index contributed by atoms with van der Waals surface area (Å²) in [5.41, 5.74) is 3.52. The highest BCUT2D eigenvalue weighted by Gasteiger charge is 2.63. The first-order valence-electron chi connectivity index (χ1n) is 8.97. The summed E-state index contributed by atoms with van der Waals surface area (Å²) in [5, 5.41) is 0. The van der Waals surface area contributed by atoms with Gasteiger partial charge in [-0.2, -0.15) is 0 Å². The van der Waals surface area contributed by atoms with E-state index in [0.29, 0.717) is 0 Å². The number of aryl methyl sites for hydroxylation is 1. The van der Waals surface area contributed by atoms with Crippen LogP contribution >= 0.6 is 0 Å². The largest absolute Gasteiger partial charge is 0.493 e. The molecule has 0 saturated carbocycles. The van der Waals surface area contributed by atoms with Crippen molar-refractivity contribution in [2.75, 3.05) is 27.8 Å². The lowest BCUT2D eigenvalue weighted by Gasteiger charge is -2.50. The molecule has 4 aliphatic rings. The summed E-state index contributed by atoms with van der Waals surface area (Å²) in [5.74, 6) is 1.59. The summed E-state index contributed by atoms with van der Waals surface area (Å²) in [7, 11) is 5.43. The van der Waals surface area contributed by atoms with Gasteiger partial charge in [0.25, 0.3) is 0 Å². The average molecular weight is 341 g/mol. The fourth-order valence-electron chi connectivity index (χ4n) is 5.55. The number of likely N-dealkylation sites (tertiary alicyclic amines) is 1. The lowest BCUT2D eigenvalue weighted by atomic mass is 9.60. The Morgan fingerprint density at radius 3 is 2.92 bits per heavy atom. The fraction of sp³-hybridized carbons (Fsp3) is 0.550. The second kappa shape index (κ2) is 5.08. The number of likely N-dealkylation sites (N-methyl/N-ethyl adjacent to an activating group) is 1. The average Bonchev–Trinajstić information content (AvgIpc) is 2.90.